The zero-order chi connectivity index (χ0) is 13.8. The Kier molecular flexibility index (Phi) is 3.85. The summed E-state index contributed by atoms with van der Waals surface area (Å²) < 4.78 is 37.2. The van der Waals surface area contributed by atoms with Crippen LogP contribution in [0.1, 0.15) is 6.92 Å². The van der Waals surface area contributed by atoms with Gasteiger partial charge in [0, 0.05) is 12.1 Å². The topological polar surface area (TPSA) is 44.5 Å². The molecule has 2 rings (SSSR count). The quantitative estimate of drug-likeness (QED) is 0.856. The van der Waals surface area contributed by atoms with Crippen LogP contribution < -0.4 is 15.2 Å². The second-order valence-electron chi connectivity index (χ2n) is 3.78. The Balaban J connectivity index is 2.36. The van der Waals surface area contributed by atoms with E-state index in [1.165, 1.54) is 0 Å². The third kappa shape index (κ3) is 2.93. The van der Waals surface area contributed by atoms with Crippen molar-refractivity contribution in [3.05, 3.63) is 48.0 Å². The molecule has 0 amide bonds. The predicted octanol–water partition coefficient (Wildman–Crippen LogP) is 3.74. The van der Waals surface area contributed by atoms with Crippen LogP contribution in [0.15, 0.2) is 36.4 Å². The summed E-state index contributed by atoms with van der Waals surface area (Å²) >= 11 is 0. The van der Waals surface area contributed by atoms with Gasteiger partial charge in [-0.25, -0.2) is 8.78 Å². The van der Waals surface area contributed by atoms with Gasteiger partial charge in [-0.15, -0.1) is 0 Å². The van der Waals surface area contributed by atoms with E-state index < -0.39 is 11.6 Å². The maximum absolute atomic E-state index is 13.3. The van der Waals surface area contributed by atoms with E-state index in [1.54, 1.807) is 24.3 Å². The summed E-state index contributed by atoms with van der Waals surface area (Å²) in [7, 11) is 0. The Labute approximate surface area is 109 Å². The van der Waals surface area contributed by atoms with Gasteiger partial charge in [-0.1, -0.05) is 12.1 Å². The molecule has 0 heterocycles. The van der Waals surface area contributed by atoms with Crippen molar-refractivity contribution in [2.45, 2.75) is 6.92 Å². The van der Waals surface area contributed by atoms with Crippen molar-refractivity contribution in [3.8, 4) is 17.2 Å². The number of para-hydroxylation sites is 2. The second-order valence-corrected chi connectivity index (χ2v) is 3.78. The summed E-state index contributed by atoms with van der Waals surface area (Å²) in [6, 6.07) is 8.56. The largest absolute Gasteiger partial charge is 0.490 e. The van der Waals surface area contributed by atoms with Gasteiger partial charge in [0.2, 0.25) is 0 Å². The first kappa shape index (κ1) is 13.1. The molecule has 0 aliphatic rings. The molecule has 0 aliphatic carbocycles. The standard InChI is InChI=1S/C14H13F2NO2/c1-2-18-11-5-3-4-6-12(11)19-13-8-9(15)7-10(16)14(13)17/h3-8H,2,17H2,1H3. The van der Waals surface area contributed by atoms with Gasteiger partial charge in [-0.05, 0) is 19.1 Å². The smallest absolute Gasteiger partial charge is 0.169 e. The van der Waals surface area contributed by atoms with Crippen LogP contribution in [0.3, 0.4) is 0 Å². The summed E-state index contributed by atoms with van der Waals surface area (Å²) in [5.74, 6) is -0.862. The molecule has 100 valence electrons. The molecule has 2 N–H and O–H groups in total. The Hall–Kier alpha value is -2.30. The van der Waals surface area contributed by atoms with Crippen LogP contribution in [-0.4, -0.2) is 6.61 Å². The van der Waals surface area contributed by atoms with E-state index in [2.05, 4.69) is 0 Å². The number of ether oxygens (including phenoxy) is 2. The lowest BCUT2D eigenvalue weighted by Crippen LogP contribution is -1.99. The molecule has 0 spiro atoms. The first-order chi connectivity index (χ1) is 9.11. The van der Waals surface area contributed by atoms with E-state index >= 15 is 0 Å². The average molecular weight is 265 g/mol. The van der Waals surface area contributed by atoms with Gasteiger partial charge in [0.05, 0.1) is 6.61 Å². The highest BCUT2D eigenvalue weighted by Crippen LogP contribution is 2.35. The summed E-state index contributed by atoms with van der Waals surface area (Å²) in [5.41, 5.74) is 5.27. The lowest BCUT2D eigenvalue weighted by molar-refractivity contribution is 0.321. The molecule has 0 aromatic heterocycles. The SMILES string of the molecule is CCOc1ccccc1Oc1cc(F)cc(F)c1N. The van der Waals surface area contributed by atoms with Crippen molar-refractivity contribution in [1.82, 2.24) is 0 Å². The fourth-order valence-electron chi connectivity index (χ4n) is 1.57. The molecule has 0 bridgehead atoms. The van der Waals surface area contributed by atoms with Crippen molar-refractivity contribution in [2.24, 2.45) is 0 Å². The number of benzene rings is 2. The van der Waals surface area contributed by atoms with E-state index in [0.29, 0.717) is 24.2 Å². The molecule has 19 heavy (non-hydrogen) atoms. The van der Waals surface area contributed by atoms with Crippen molar-refractivity contribution in [3.63, 3.8) is 0 Å². The van der Waals surface area contributed by atoms with Gasteiger partial charge in [0.25, 0.3) is 0 Å². The molecule has 2 aromatic carbocycles. The van der Waals surface area contributed by atoms with E-state index in [-0.39, 0.29) is 11.4 Å². The molecular weight excluding hydrogens is 252 g/mol. The number of halogens is 2. The maximum atomic E-state index is 13.3. The number of anilines is 1. The van der Waals surface area contributed by atoms with Gasteiger partial charge in [0.15, 0.2) is 23.1 Å². The number of hydrogen-bond donors (Lipinski definition) is 1. The lowest BCUT2D eigenvalue weighted by Gasteiger charge is -2.13. The molecule has 0 fully saturated rings. The number of nitrogen functional groups attached to an aromatic ring is 1. The zero-order valence-corrected chi connectivity index (χ0v) is 10.3. The summed E-state index contributed by atoms with van der Waals surface area (Å²) in [6.45, 7) is 2.28. The highest BCUT2D eigenvalue weighted by atomic mass is 19.1. The highest BCUT2D eigenvalue weighted by Gasteiger charge is 2.12. The molecule has 0 unspecified atom stereocenters. The van der Waals surface area contributed by atoms with Gasteiger partial charge in [-0.3, -0.25) is 0 Å². The van der Waals surface area contributed by atoms with Gasteiger partial charge in [0.1, 0.15) is 11.5 Å². The van der Waals surface area contributed by atoms with Crippen LogP contribution in [0.5, 0.6) is 17.2 Å². The molecule has 0 aliphatic heterocycles. The molecule has 2 aromatic rings. The van der Waals surface area contributed by atoms with Crippen LogP contribution in [0.4, 0.5) is 14.5 Å². The second kappa shape index (κ2) is 5.56. The van der Waals surface area contributed by atoms with Crippen molar-refractivity contribution in [1.29, 1.82) is 0 Å². The van der Waals surface area contributed by atoms with Crippen LogP contribution in [0, 0.1) is 11.6 Å². The third-order valence-electron chi connectivity index (χ3n) is 2.43. The van der Waals surface area contributed by atoms with E-state index in [0.717, 1.165) is 6.07 Å². The predicted molar refractivity (Wildman–Crippen MR) is 68.5 cm³/mol. The Morgan fingerprint density at radius 1 is 1.05 bits per heavy atom. The van der Waals surface area contributed by atoms with Crippen LogP contribution in [0.25, 0.3) is 0 Å². The Morgan fingerprint density at radius 2 is 1.74 bits per heavy atom. The summed E-state index contributed by atoms with van der Waals surface area (Å²) in [4.78, 5) is 0. The van der Waals surface area contributed by atoms with Gasteiger partial charge >= 0.3 is 0 Å². The minimum absolute atomic E-state index is 0.0790. The van der Waals surface area contributed by atoms with E-state index in [9.17, 15) is 8.78 Å². The first-order valence-electron chi connectivity index (χ1n) is 5.76. The third-order valence-corrected chi connectivity index (χ3v) is 2.43. The monoisotopic (exact) mass is 265 g/mol. The van der Waals surface area contributed by atoms with Crippen LogP contribution in [-0.2, 0) is 0 Å². The molecule has 3 nitrogen and oxygen atoms in total. The highest BCUT2D eigenvalue weighted by molar-refractivity contribution is 5.56. The summed E-state index contributed by atoms with van der Waals surface area (Å²) in [5, 5.41) is 0. The fourth-order valence-corrected chi connectivity index (χ4v) is 1.57. The number of hydrogen-bond acceptors (Lipinski definition) is 3. The molecule has 0 saturated heterocycles. The number of rotatable bonds is 4. The lowest BCUT2D eigenvalue weighted by atomic mass is 10.2. The van der Waals surface area contributed by atoms with Crippen molar-refractivity contribution < 1.29 is 18.3 Å². The van der Waals surface area contributed by atoms with Crippen LogP contribution in [0.2, 0.25) is 0 Å². The van der Waals surface area contributed by atoms with Gasteiger partial charge < -0.3 is 15.2 Å². The molecule has 0 radical (unpaired) electrons. The normalized spacial score (nSPS) is 10.3. The average Bonchev–Trinajstić information content (AvgIpc) is 2.38. The van der Waals surface area contributed by atoms with Crippen molar-refractivity contribution >= 4 is 5.69 Å². The van der Waals surface area contributed by atoms with Crippen molar-refractivity contribution in [2.75, 3.05) is 12.3 Å². The summed E-state index contributed by atoms with van der Waals surface area (Å²) in [6.07, 6.45) is 0. The Morgan fingerprint density at radius 3 is 2.42 bits per heavy atom. The first-order valence-corrected chi connectivity index (χ1v) is 5.76. The number of nitrogens with two attached hydrogens (primary N) is 1. The molecular formula is C14H13F2NO2. The van der Waals surface area contributed by atoms with E-state index in [4.69, 9.17) is 15.2 Å². The van der Waals surface area contributed by atoms with Crippen LogP contribution >= 0.6 is 0 Å². The Bertz CT molecular complexity index is 588. The minimum Gasteiger partial charge on any atom is -0.490 e. The zero-order valence-electron chi connectivity index (χ0n) is 10.3. The van der Waals surface area contributed by atoms with Gasteiger partial charge in [-0.2, -0.15) is 0 Å². The molecule has 0 saturated carbocycles. The van der Waals surface area contributed by atoms with E-state index in [1.807, 2.05) is 6.92 Å². The fraction of sp³-hybridized carbons (Fsp3) is 0.143. The minimum atomic E-state index is -0.858. The molecule has 0 atom stereocenters. The molecule has 5 heteroatoms. The maximum Gasteiger partial charge on any atom is 0.169 e.